The third-order valence-corrected chi connectivity index (χ3v) is 5.12. The van der Waals surface area contributed by atoms with Gasteiger partial charge in [-0.1, -0.05) is 25.1 Å². The summed E-state index contributed by atoms with van der Waals surface area (Å²) in [5.41, 5.74) is 1.19. The minimum absolute atomic E-state index is 0. The van der Waals surface area contributed by atoms with Crippen molar-refractivity contribution in [2.75, 3.05) is 38.2 Å². The van der Waals surface area contributed by atoms with E-state index in [1.165, 1.54) is 5.69 Å². The molecular formula is C22H35IN6O2. The molecule has 1 aliphatic rings. The summed E-state index contributed by atoms with van der Waals surface area (Å²) >= 11 is 0. The second-order valence-corrected chi connectivity index (χ2v) is 7.84. The van der Waals surface area contributed by atoms with Gasteiger partial charge in [-0.25, -0.2) is 0 Å². The molecular weight excluding hydrogens is 507 g/mol. The van der Waals surface area contributed by atoms with E-state index >= 15 is 0 Å². The number of benzene rings is 1. The Morgan fingerprint density at radius 2 is 2.23 bits per heavy atom. The minimum atomic E-state index is 0. The van der Waals surface area contributed by atoms with Crippen LogP contribution >= 0.6 is 24.0 Å². The molecule has 31 heavy (non-hydrogen) atoms. The molecule has 1 unspecified atom stereocenters. The van der Waals surface area contributed by atoms with Crippen LogP contribution in [0.2, 0.25) is 0 Å². The summed E-state index contributed by atoms with van der Waals surface area (Å²) in [7, 11) is 1.71. The normalized spacial score (nSPS) is 16.7. The highest BCUT2D eigenvalue weighted by atomic mass is 127. The third kappa shape index (κ3) is 7.55. The van der Waals surface area contributed by atoms with Crippen LogP contribution in [0.1, 0.15) is 51.2 Å². The molecule has 2 N–H and O–H groups in total. The van der Waals surface area contributed by atoms with E-state index in [1.54, 1.807) is 7.11 Å². The topological polar surface area (TPSA) is 87.8 Å². The molecule has 0 bridgehead atoms. The molecule has 0 spiro atoms. The lowest BCUT2D eigenvalue weighted by Gasteiger charge is -2.35. The van der Waals surface area contributed by atoms with Crippen LogP contribution in [0, 0.1) is 0 Å². The van der Waals surface area contributed by atoms with Crippen LogP contribution < -0.4 is 20.3 Å². The number of aliphatic imine (C=N–C) groups is 1. The van der Waals surface area contributed by atoms with E-state index < -0.39 is 0 Å². The summed E-state index contributed by atoms with van der Waals surface area (Å²) < 4.78 is 10.7. The number of aromatic nitrogens is 2. The first-order chi connectivity index (χ1) is 14.6. The monoisotopic (exact) mass is 542 g/mol. The van der Waals surface area contributed by atoms with Crippen molar-refractivity contribution in [1.82, 2.24) is 20.8 Å². The Bertz CT molecular complexity index is 826. The number of anilines is 1. The molecule has 9 heteroatoms. The van der Waals surface area contributed by atoms with Gasteiger partial charge in [0.2, 0.25) is 5.89 Å². The second kappa shape index (κ2) is 12.7. The predicted octanol–water partition coefficient (Wildman–Crippen LogP) is 3.59. The first-order valence-electron chi connectivity index (χ1n) is 10.8. The van der Waals surface area contributed by atoms with Crippen molar-refractivity contribution in [2.24, 2.45) is 4.99 Å². The van der Waals surface area contributed by atoms with Crippen LogP contribution in [-0.4, -0.2) is 55.4 Å². The standard InChI is InChI=1S/C22H34N6O2.HI/c1-5-23-22(24-12-11-20-26-21(16(2)3)27-30-20)25-17-8-7-13-28(15-17)18-9-6-10-19(14-18)29-4;/h6,9-10,14,16-17H,5,7-8,11-13,15H2,1-4H3,(H2,23,24,25);1H. The fourth-order valence-corrected chi connectivity index (χ4v) is 3.52. The van der Waals surface area contributed by atoms with Crippen LogP contribution in [0.4, 0.5) is 5.69 Å². The molecule has 1 aliphatic heterocycles. The molecule has 1 aromatic heterocycles. The van der Waals surface area contributed by atoms with Gasteiger partial charge >= 0.3 is 0 Å². The Labute approximate surface area is 202 Å². The molecule has 0 aliphatic carbocycles. The van der Waals surface area contributed by atoms with Gasteiger partial charge in [-0.15, -0.1) is 24.0 Å². The van der Waals surface area contributed by atoms with E-state index in [-0.39, 0.29) is 29.9 Å². The maximum atomic E-state index is 5.38. The summed E-state index contributed by atoms with van der Waals surface area (Å²) in [6, 6.07) is 8.59. The van der Waals surface area contributed by atoms with Crippen molar-refractivity contribution < 1.29 is 9.26 Å². The summed E-state index contributed by atoms with van der Waals surface area (Å²) in [6.07, 6.45) is 2.89. The number of nitrogens with zero attached hydrogens (tertiary/aromatic N) is 4. The smallest absolute Gasteiger partial charge is 0.228 e. The van der Waals surface area contributed by atoms with Gasteiger partial charge in [0.25, 0.3) is 0 Å². The lowest BCUT2D eigenvalue weighted by atomic mass is 10.0. The second-order valence-electron chi connectivity index (χ2n) is 7.84. The van der Waals surface area contributed by atoms with E-state index in [9.17, 15) is 0 Å². The van der Waals surface area contributed by atoms with Gasteiger partial charge < -0.3 is 24.8 Å². The molecule has 3 rings (SSSR count). The quantitative estimate of drug-likeness (QED) is 0.300. The SMILES string of the molecule is CCNC(=NCCc1nc(C(C)C)no1)NC1CCCN(c2cccc(OC)c2)C1.I. The molecule has 2 aromatic rings. The summed E-state index contributed by atoms with van der Waals surface area (Å²) in [5, 5.41) is 11.0. The Balaban J connectivity index is 0.00000341. The molecule has 2 heterocycles. The first kappa shape index (κ1) is 25.2. The van der Waals surface area contributed by atoms with E-state index in [0.29, 0.717) is 24.9 Å². The fraction of sp³-hybridized carbons (Fsp3) is 0.591. The number of methoxy groups -OCH3 is 1. The van der Waals surface area contributed by atoms with Crippen LogP contribution in [0.3, 0.4) is 0 Å². The number of rotatable bonds is 8. The average Bonchev–Trinajstić information content (AvgIpc) is 3.23. The van der Waals surface area contributed by atoms with Gasteiger partial charge in [0.1, 0.15) is 5.75 Å². The molecule has 172 valence electrons. The lowest BCUT2D eigenvalue weighted by Crippen LogP contribution is -2.51. The zero-order valence-electron chi connectivity index (χ0n) is 18.9. The number of ether oxygens (including phenoxy) is 1. The molecule has 0 radical (unpaired) electrons. The lowest BCUT2D eigenvalue weighted by molar-refractivity contribution is 0.372. The molecule has 0 saturated carbocycles. The maximum absolute atomic E-state index is 5.38. The fourth-order valence-electron chi connectivity index (χ4n) is 3.52. The Kier molecular flexibility index (Phi) is 10.4. The van der Waals surface area contributed by atoms with Crippen molar-refractivity contribution in [3.63, 3.8) is 0 Å². The minimum Gasteiger partial charge on any atom is -0.497 e. The number of hydrogen-bond donors (Lipinski definition) is 2. The maximum Gasteiger partial charge on any atom is 0.228 e. The Hall–Kier alpha value is -2.04. The van der Waals surface area contributed by atoms with Gasteiger partial charge in [0.05, 0.1) is 13.7 Å². The summed E-state index contributed by atoms with van der Waals surface area (Å²) in [6.45, 7) is 9.58. The van der Waals surface area contributed by atoms with E-state index in [0.717, 1.165) is 50.0 Å². The van der Waals surface area contributed by atoms with Crippen LogP contribution in [-0.2, 0) is 6.42 Å². The number of piperidine rings is 1. The molecule has 1 atom stereocenters. The van der Waals surface area contributed by atoms with Gasteiger partial charge in [0.15, 0.2) is 11.8 Å². The number of nitrogens with one attached hydrogen (secondary N) is 2. The Morgan fingerprint density at radius 3 is 2.94 bits per heavy atom. The van der Waals surface area contributed by atoms with Gasteiger partial charge in [-0.05, 0) is 31.9 Å². The summed E-state index contributed by atoms with van der Waals surface area (Å²) in [4.78, 5) is 11.5. The first-order valence-corrected chi connectivity index (χ1v) is 10.8. The third-order valence-electron chi connectivity index (χ3n) is 5.12. The Morgan fingerprint density at radius 1 is 1.39 bits per heavy atom. The average molecular weight is 542 g/mol. The molecule has 1 fully saturated rings. The van der Waals surface area contributed by atoms with Gasteiger partial charge in [0, 0.05) is 49.8 Å². The number of hydrogen-bond acceptors (Lipinski definition) is 6. The number of halogens is 1. The highest BCUT2D eigenvalue weighted by Gasteiger charge is 2.21. The summed E-state index contributed by atoms with van der Waals surface area (Å²) in [5.74, 6) is 3.38. The predicted molar refractivity (Wildman–Crippen MR) is 135 cm³/mol. The van der Waals surface area contributed by atoms with Crippen LogP contribution in [0.25, 0.3) is 0 Å². The van der Waals surface area contributed by atoms with Crippen molar-refractivity contribution in [2.45, 2.75) is 52.0 Å². The largest absolute Gasteiger partial charge is 0.497 e. The molecule has 0 amide bonds. The molecule has 1 saturated heterocycles. The highest BCUT2D eigenvalue weighted by molar-refractivity contribution is 14.0. The van der Waals surface area contributed by atoms with Gasteiger partial charge in [-0.3, -0.25) is 4.99 Å². The van der Waals surface area contributed by atoms with Crippen molar-refractivity contribution in [3.8, 4) is 5.75 Å². The zero-order chi connectivity index (χ0) is 21.3. The van der Waals surface area contributed by atoms with Crippen molar-refractivity contribution >= 4 is 35.6 Å². The molecule has 1 aromatic carbocycles. The zero-order valence-corrected chi connectivity index (χ0v) is 21.3. The van der Waals surface area contributed by atoms with E-state index in [2.05, 4.69) is 58.6 Å². The number of guanidine groups is 1. The van der Waals surface area contributed by atoms with E-state index in [4.69, 9.17) is 14.3 Å². The van der Waals surface area contributed by atoms with Crippen LogP contribution in [0.15, 0.2) is 33.8 Å². The van der Waals surface area contributed by atoms with Gasteiger partial charge in [-0.2, -0.15) is 4.98 Å². The molecule has 8 nitrogen and oxygen atoms in total. The van der Waals surface area contributed by atoms with Crippen molar-refractivity contribution in [1.29, 1.82) is 0 Å². The van der Waals surface area contributed by atoms with Crippen LogP contribution in [0.5, 0.6) is 5.75 Å². The highest BCUT2D eigenvalue weighted by Crippen LogP contribution is 2.24. The van der Waals surface area contributed by atoms with Crippen molar-refractivity contribution in [3.05, 3.63) is 36.0 Å². The van der Waals surface area contributed by atoms with E-state index in [1.807, 2.05) is 12.1 Å².